The highest BCUT2D eigenvalue weighted by Crippen LogP contribution is 2.40. The first-order chi connectivity index (χ1) is 15.4. The number of rotatable bonds is 6. The van der Waals surface area contributed by atoms with E-state index in [1.165, 1.54) is 4.90 Å². The molecule has 0 radical (unpaired) electrons. The Labute approximate surface area is 189 Å². The Kier molecular flexibility index (Phi) is 6.21. The summed E-state index contributed by atoms with van der Waals surface area (Å²) in [7, 11) is 1.55. The van der Waals surface area contributed by atoms with Crippen LogP contribution in [0.15, 0.2) is 48.2 Å². The maximum Gasteiger partial charge on any atom is 0.282 e. The molecule has 0 N–H and O–H groups in total. The smallest absolute Gasteiger partial charge is 0.282 e. The number of amides is 2. The largest absolute Gasteiger partial charge is 0.495 e. The normalized spacial score (nSPS) is 19.1. The highest BCUT2D eigenvalue weighted by molar-refractivity contribution is 6.45. The first-order valence-electron chi connectivity index (χ1n) is 11.2. The number of hydrogen-bond acceptors (Lipinski definition) is 5. The van der Waals surface area contributed by atoms with E-state index in [-0.39, 0.29) is 11.8 Å². The molecule has 2 aliphatic heterocycles. The molecule has 1 fully saturated rings. The zero-order valence-corrected chi connectivity index (χ0v) is 19.2. The number of nitrogens with zero attached hydrogens (tertiary/aromatic N) is 2. The van der Waals surface area contributed by atoms with Crippen LogP contribution >= 0.6 is 0 Å². The molecule has 4 rings (SSSR count). The average molecular weight is 435 g/mol. The van der Waals surface area contributed by atoms with E-state index in [9.17, 15) is 9.59 Å². The fourth-order valence-electron chi connectivity index (χ4n) is 4.54. The van der Waals surface area contributed by atoms with Gasteiger partial charge in [-0.05, 0) is 68.0 Å². The first-order valence-corrected chi connectivity index (χ1v) is 11.2. The standard InChI is InChI=1S/C26H30N2O4/c1-5-32-20-11-9-19(10-12-20)23-24(27-14-6-7-18(3)16-27)26(30)28(25(23)29)21-15-17(2)8-13-22(21)31-4/h8-13,15,18H,5-7,14,16H2,1-4H3. The maximum atomic E-state index is 13.8. The molecule has 32 heavy (non-hydrogen) atoms. The highest BCUT2D eigenvalue weighted by atomic mass is 16.5. The van der Waals surface area contributed by atoms with Crippen LogP contribution in [-0.2, 0) is 9.59 Å². The van der Waals surface area contributed by atoms with Crippen LogP contribution in [0.2, 0.25) is 0 Å². The van der Waals surface area contributed by atoms with E-state index in [4.69, 9.17) is 9.47 Å². The number of anilines is 1. The molecule has 0 spiro atoms. The quantitative estimate of drug-likeness (QED) is 0.630. The Bertz CT molecular complexity index is 1060. The van der Waals surface area contributed by atoms with Gasteiger partial charge in [0.15, 0.2) is 0 Å². The van der Waals surface area contributed by atoms with Gasteiger partial charge in [-0.2, -0.15) is 0 Å². The zero-order valence-electron chi connectivity index (χ0n) is 19.2. The van der Waals surface area contributed by atoms with Gasteiger partial charge in [-0.1, -0.05) is 25.1 Å². The third kappa shape index (κ3) is 3.97. The van der Waals surface area contributed by atoms with Gasteiger partial charge in [-0.15, -0.1) is 0 Å². The van der Waals surface area contributed by atoms with Gasteiger partial charge in [0.1, 0.15) is 17.2 Å². The van der Waals surface area contributed by atoms with Gasteiger partial charge in [0.05, 0.1) is 25.0 Å². The summed E-state index contributed by atoms with van der Waals surface area (Å²) in [5.41, 5.74) is 3.06. The van der Waals surface area contributed by atoms with Crippen LogP contribution < -0.4 is 14.4 Å². The second-order valence-corrected chi connectivity index (χ2v) is 8.50. The molecule has 168 valence electrons. The van der Waals surface area contributed by atoms with Crippen molar-refractivity contribution in [3.8, 4) is 11.5 Å². The third-order valence-corrected chi connectivity index (χ3v) is 6.06. The lowest BCUT2D eigenvalue weighted by atomic mass is 9.97. The number of imide groups is 1. The van der Waals surface area contributed by atoms with E-state index < -0.39 is 0 Å². The van der Waals surface area contributed by atoms with Crippen molar-refractivity contribution in [2.24, 2.45) is 5.92 Å². The first kappa shape index (κ1) is 21.9. The van der Waals surface area contributed by atoms with Crippen molar-refractivity contribution in [2.45, 2.75) is 33.6 Å². The molecular formula is C26H30N2O4. The molecule has 0 aliphatic carbocycles. The molecule has 6 nitrogen and oxygen atoms in total. The van der Waals surface area contributed by atoms with Crippen molar-refractivity contribution in [1.82, 2.24) is 4.90 Å². The third-order valence-electron chi connectivity index (χ3n) is 6.06. The molecular weight excluding hydrogens is 404 g/mol. The second-order valence-electron chi connectivity index (χ2n) is 8.50. The highest BCUT2D eigenvalue weighted by Gasteiger charge is 2.44. The summed E-state index contributed by atoms with van der Waals surface area (Å²) < 4.78 is 11.1. The lowest BCUT2D eigenvalue weighted by Gasteiger charge is -2.33. The van der Waals surface area contributed by atoms with Crippen LogP contribution in [0, 0.1) is 12.8 Å². The molecule has 1 unspecified atom stereocenters. The number of carbonyl (C=O) groups excluding carboxylic acids is 2. The topological polar surface area (TPSA) is 59.1 Å². The van der Waals surface area contributed by atoms with Gasteiger partial charge in [0, 0.05) is 13.1 Å². The molecule has 2 heterocycles. The molecule has 0 bridgehead atoms. The minimum absolute atomic E-state index is 0.295. The Morgan fingerprint density at radius 1 is 1.06 bits per heavy atom. The number of carbonyl (C=O) groups is 2. The fraction of sp³-hybridized carbons (Fsp3) is 0.385. The Hall–Kier alpha value is -3.28. The van der Waals surface area contributed by atoms with Crippen molar-refractivity contribution < 1.29 is 19.1 Å². The molecule has 1 atom stereocenters. The summed E-state index contributed by atoms with van der Waals surface area (Å²) in [6.07, 6.45) is 2.12. The van der Waals surface area contributed by atoms with Crippen LogP contribution in [0.25, 0.3) is 5.57 Å². The van der Waals surface area contributed by atoms with Crippen molar-refractivity contribution in [3.63, 3.8) is 0 Å². The minimum Gasteiger partial charge on any atom is -0.495 e. The van der Waals surface area contributed by atoms with Crippen molar-refractivity contribution in [3.05, 3.63) is 59.3 Å². The predicted molar refractivity (Wildman–Crippen MR) is 125 cm³/mol. The van der Waals surface area contributed by atoms with Crippen LogP contribution in [0.4, 0.5) is 5.69 Å². The van der Waals surface area contributed by atoms with Gasteiger partial charge in [0.2, 0.25) is 0 Å². The van der Waals surface area contributed by atoms with E-state index in [2.05, 4.69) is 11.8 Å². The van der Waals surface area contributed by atoms with E-state index in [0.717, 1.165) is 37.2 Å². The van der Waals surface area contributed by atoms with Gasteiger partial charge >= 0.3 is 0 Å². The van der Waals surface area contributed by atoms with Crippen LogP contribution in [0.1, 0.15) is 37.8 Å². The molecule has 2 aromatic rings. The summed E-state index contributed by atoms with van der Waals surface area (Å²) in [5, 5.41) is 0. The van der Waals surface area contributed by atoms with Gasteiger partial charge in [0.25, 0.3) is 11.8 Å². The van der Waals surface area contributed by atoms with Crippen molar-refractivity contribution in [1.29, 1.82) is 0 Å². The summed E-state index contributed by atoms with van der Waals surface area (Å²) in [6.45, 7) is 8.13. The summed E-state index contributed by atoms with van der Waals surface area (Å²) in [6, 6.07) is 12.9. The fourth-order valence-corrected chi connectivity index (χ4v) is 4.54. The molecule has 1 saturated heterocycles. The zero-order chi connectivity index (χ0) is 22.8. The van der Waals surface area contributed by atoms with Gasteiger partial charge in [-0.25, -0.2) is 4.90 Å². The lowest BCUT2D eigenvalue weighted by Crippen LogP contribution is -2.39. The summed E-state index contributed by atoms with van der Waals surface area (Å²) in [5.74, 6) is 1.08. The Balaban J connectivity index is 1.83. The van der Waals surface area contributed by atoms with Crippen LogP contribution in [0.3, 0.4) is 0 Å². The lowest BCUT2D eigenvalue weighted by molar-refractivity contribution is -0.120. The second kappa shape index (κ2) is 9.07. The van der Waals surface area contributed by atoms with Gasteiger partial charge in [-0.3, -0.25) is 9.59 Å². The van der Waals surface area contributed by atoms with E-state index in [0.29, 0.717) is 40.8 Å². The summed E-state index contributed by atoms with van der Waals surface area (Å²) in [4.78, 5) is 30.9. The van der Waals surface area contributed by atoms with E-state index in [1.54, 1.807) is 13.2 Å². The number of ether oxygens (including phenoxy) is 2. The number of piperidine rings is 1. The van der Waals surface area contributed by atoms with Gasteiger partial charge < -0.3 is 14.4 Å². The molecule has 2 aliphatic rings. The number of aryl methyl sites for hydroxylation is 1. The van der Waals surface area contributed by atoms with E-state index >= 15 is 0 Å². The Morgan fingerprint density at radius 2 is 1.81 bits per heavy atom. The number of hydrogen-bond donors (Lipinski definition) is 0. The number of methoxy groups -OCH3 is 1. The maximum absolute atomic E-state index is 13.8. The number of likely N-dealkylation sites (tertiary alicyclic amines) is 1. The average Bonchev–Trinajstić information content (AvgIpc) is 3.04. The predicted octanol–water partition coefficient (Wildman–Crippen LogP) is 4.42. The minimum atomic E-state index is -0.323. The SMILES string of the molecule is CCOc1ccc(C2=C(N3CCCC(C)C3)C(=O)N(c3cc(C)ccc3OC)C2=O)cc1. The summed E-state index contributed by atoms with van der Waals surface area (Å²) >= 11 is 0. The van der Waals surface area contributed by atoms with Crippen molar-refractivity contribution in [2.75, 3.05) is 31.7 Å². The molecule has 2 aromatic carbocycles. The van der Waals surface area contributed by atoms with Crippen LogP contribution in [-0.4, -0.2) is 43.5 Å². The molecule has 6 heteroatoms. The molecule has 0 aromatic heterocycles. The molecule has 0 saturated carbocycles. The van der Waals surface area contributed by atoms with Crippen molar-refractivity contribution >= 4 is 23.1 Å². The Morgan fingerprint density at radius 3 is 2.47 bits per heavy atom. The van der Waals surface area contributed by atoms with Crippen LogP contribution in [0.5, 0.6) is 11.5 Å². The monoisotopic (exact) mass is 434 g/mol. The van der Waals surface area contributed by atoms with E-state index in [1.807, 2.05) is 50.2 Å². The number of benzene rings is 2. The molecule has 2 amide bonds.